The van der Waals surface area contributed by atoms with Gasteiger partial charge in [0.05, 0.1) is 22.7 Å². The number of rotatable bonds is 11. The minimum atomic E-state index is -4.40. The van der Waals surface area contributed by atoms with Crippen molar-refractivity contribution in [2.75, 3.05) is 37.7 Å². The van der Waals surface area contributed by atoms with Gasteiger partial charge in [0.15, 0.2) is 0 Å². The Bertz CT molecular complexity index is 1670. The van der Waals surface area contributed by atoms with E-state index in [0.717, 1.165) is 72.6 Å². The predicted octanol–water partition coefficient (Wildman–Crippen LogP) is 8.46. The molecule has 1 saturated heterocycles. The average molecular weight is 743 g/mol. The normalized spacial score (nSPS) is 15.1. The monoisotopic (exact) mass is 741 g/mol. The zero-order chi connectivity index (χ0) is 32.3. The van der Waals surface area contributed by atoms with Crippen molar-refractivity contribution in [2.24, 2.45) is 0 Å². The van der Waals surface area contributed by atoms with E-state index in [1.54, 1.807) is 0 Å². The third-order valence-electron chi connectivity index (χ3n) is 8.14. The van der Waals surface area contributed by atoms with E-state index in [2.05, 4.69) is 28.0 Å². The molecule has 2 aliphatic heterocycles. The molecule has 0 aliphatic carbocycles. The Kier molecular flexibility index (Phi) is 12.9. The van der Waals surface area contributed by atoms with Crippen LogP contribution >= 0.6 is 47.9 Å². The van der Waals surface area contributed by atoms with Crippen molar-refractivity contribution in [1.29, 1.82) is 0 Å². The Labute approximate surface area is 298 Å². The number of fused-ring (bicyclic) bond motifs is 1. The number of carboxylic acids is 1. The molecule has 7 nitrogen and oxygen atoms in total. The second-order valence-corrected chi connectivity index (χ2v) is 13.6. The third kappa shape index (κ3) is 9.09. The number of piperazine rings is 1. The Hall–Kier alpha value is -3.16. The second kappa shape index (κ2) is 16.5. The summed E-state index contributed by atoms with van der Waals surface area (Å²) in [4.78, 5) is 22.8. The largest absolute Gasteiger partial charge is 0.493 e. The highest BCUT2D eigenvalue weighted by Gasteiger charge is 2.30. The van der Waals surface area contributed by atoms with Gasteiger partial charge in [0.25, 0.3) is 0 Å². The maximum atomic E-state index is 13.2. The molecule has 0 bridgehead atoms. The molecule has 0 radical (unpaired) electrons. The molecule has 2 aliphatic rings. The van der Waals surface area contributed by atoms with Crippen LogP contribution in [-0.4, -0.2) is 59.0 Å². The second-order valence-electron chi connectivity index (χ2n) is 11.2. The summed E-state index contributed by atoms with van der Waals surface area (Å²) >= 11 is 2.73. The van der Waals surface area contributed by atoms with Crippen molar-refractivity contribution in [1.82, 2.24) is 9.88 Å². The molecule has 3 aromatic carbocycles. The quantitative estimate of drug-likeness (QED) is 0.154. The van der Waals surface area contributed by atoms with Crippen LogP contribution in [0, 0.1) is 0 Å². The van der Waals surface area contributed by atoms with E-state index in [-0.39, 0.29) is 31.4 Å². The Morgan fingerprint density at radius 2 is 1.75 bits per heavy atom. The first kappa shape index (κ1) is 37.7. The molecule has 3 heterocycles. The highest BCUT2D eigenvalue weighted by molar-refractivity contribution is 8.00. The van der Waals surface area contributed by atoms with Gasteiger partial charge < -0.3 is 19.5 Å². The number of alkyl halides is 3. The lowest BCUT2D eigenvalue weighted by Gasteiger charge is -2.36. The van der Waals surface area contributed by atoms with Gasteiger partial charge in [-0.1, -0.05) is 19.1 Å². The molecule has 14 heteroatoms. The fraction of sp³-hybridized carbons (Fsp3) is 0.353. The molecular weight excluding hydrogens is 706 g/mol. The summed E-state index contributed by atoms with van der Waals surface area (Å²) in [6.45, 7) is 6.86. The van der Waals surface area contributed by atoms with Crippen LogP contribution < -0.4 is 14.4 Å². The van der Waals surface area contributed by atoms with Gasteiger partial charge in [-0.25, -0.2) is 4.98 Å². The van der Waals surface area contributed by atoms with E-state index in [9.17, 15) is 23.1 Å². The number of nitrogens with zero attached hydrogens (tertiary/aromatic N) is 3. The lowest BCUT2D eigenvalue weighted by molar-refractivity contribution is -0.138. The smallest absolute Gasteiger partial charge is 0.416 e. The van der Waals surface area contributed by atoms with Gasteiger partial charge in [-0.3, -0.25) is 9.69 Å². The van der Waals surface area contributed by atoms with Crippen molar-refractivity contribution >= 4 is 59.6 Å². The fourth-order valence-electron chi connectivity index (χ4n) is 5.53. The molecule has 0 spiro atoms. The van der Waals surface area contributed by atoms with Crippen LogP contribution in [0.2, 0.25) is 0 Å². The zero-order valence-corrected chi connectivity index (χ0v) is 29.3. The molecule has 1 atom stereocenters. The van der Waals surface area contributed by atoms with E-state index in [1.807, 2.05) is 31.2 Å². The number of hydrogen-bond donors (Lipinski definition) is 1. The molecule has 1 N–H and O–H groups in total. The summed E-state index contributed by atoms with van der Waals surface area (Å²) in [5.41, 5.74) is 3.24. The Morgan fingerprint density at radius 3 is 2.40 bits per heavy atom. The molecule has 1 fully saturated rings. The summed E-state index contributed by atoms with van der Waals surface area (Å²) < 4.78 is 51.3. The van der Waals surface area contributed by atoms with Gasteiger partial charge in [-0.15, -0.1) is 47.9 Å². The van der Waals surface area contributed by atoms with Crippen LogP contribution in [0.25, 0.3) is 10.6 Å². The molecule has 1 aromatic heterocycles. The summed E-state index contributed by atoms with van der Waals surface area (Å²) in [7, 11) is 0. The maximum Gasteiger partial charge on any atom is 0.416 e. The first-order chi connectivity index (χ1) is 22.2. The highest BCUT2D eigenvalue weighted by Crippen LogP contribution is 2.35. The minimum Gasteiger partial charge on any atom is -0.493 e. The number of carboxylic acid groups (broad SMARTS) is 1. The predicted molar refractivity (Wildman–Crippen MR) is 189 cm³/mol. The first-order valence-corrected chi connectivity index (χ1v) is 16.9. The summed E-state index contributed by atoms with van der Waals surface area (Å²) in [5, 5.41) is 9.49. The Morgan fingerprint density at radius 1 is 1.04 bits per heavy atom. The first-order valence-electron chi connectivity index (χ1n) is 15.2. The number of ether oxygens (including phenoxy) is 2. The molecule has 0 amide bonds. The van der Waals surface area contributed by atoms with Gasteiger partial charge in [-0.05, 0) is 66.6 Å². The zero-order valence-electron chi connectivity index (χ0n) is 26.1. The number of benzene rings is 3. The van der Waals surface area contributed by atoms with Crippen molar-refractivity contribution in [2.45, 2.75) is 49.2 Å². The van der Waals surface area contributed by atoms with Crippen molar-refractivity contribution in [3.63, 3.8) is 0 Å². The van der Waals surface area contributed by atoms with Crippen molar-refractivity contribution < 1.29 is 32.5 Å². The van der Waals surface area contributed by atoms with Gasteiger partial charge in [0.1, 0.15) is 28.4 Å². The SMILES string of the molecule is CCC(Sc1ccc(OCc2sc(-c3ccc(C(F)(F)F)cc3)nc2CN2CCN(c3ccc4c(c3)CCO4)CC2)cc1)C(=O)O.Cl.Cl. The van der Waals surface area contributed by atoms with Crippen molar-refractivity contribution in [3.05, 3.63) is 88.4 Å². The lowest BCUT2D eigenvalue weighted by Crippen LogP contribution is -2.46. The molecule has 258 valence electrons. The maximum absolute atomic E-state index is 13.2. The van der Waals surface area contributed by atoms with E-state index in [0.29, 0.717) is 29.3 Å². The molecule has 48 heavy (non-hydrogen) atoms. The van der Waals surface area contributed by atoms with E-state index in [1.165, 1.54) is 46.5 Å². The molecule has 4 aromatic rings. The number of carbonyl (C=O) groups is 1. The molecule has 0 saturated carbocycles. The van der Waals surface area contributed by atoms with Gasteiger partial charge >= 0.3 is 12.1 Å². The minimum absolute atomic E-state index is 0. The lowest BCUT2D eigenvalue weighted by atomic mass is 10.1. The summed E-state index contributed by atoms with van der Waals surface area (Å²) in [6, 6.07) is 18.8. The molecular formula is C34H36Cl2F3N3O4S2. The standard InChI is InChI=1S/C34H34F3N3O4S2.2ClH/c1-2-30(33(41)42)45-27-10-8-26(9-11-27)44-21-31-28(38-32(46-31)22-3-5-24(6-4-22)34(35,36)37)20-39-14-16-40(17-15-39)25-7-12-29-23(19-25)13-18-43-29;;/h3-12,19,30H,2,13-18,20-21H2,1H3,(H,41,42);2*1H. The average Bonchev–Trinajstić information content (AvgIpc) is 3.69. The number of aliphatic carboxylic acids is 1. The van der Waals surface area contributed by atoms with Crippen LogP contribution in [-0.2, 0) is 30.5 Å². The number of halogens is 5. The van der Waals surface area contributed by atoms with Crippen LogP contribution in [0.3, 0.4) is 0 Å². The fourth-order valence-corrected chi connectivity index (χ4v) is 7.40. The van der Waals surface area contributed by atoms with Gasteiger partial charge in [0, 0.05) is 55.3 Å². The van der Waals surface area contributed by atoms with Gasteiger partial charge in [0.2, 0.25) is 0 Å². The van der Waals surface area contributed by atoms with Crippen LogP contribution in [0.15, 0.2) is 71.6 Å². The van der Waals surface area contributed by atoms with Crippen LogP contribution in [0.5, 0.6) is 11.5 Å². The summed E-state index contributed by atoms with van der Waals surface area (Å²) in [5.74, 6) is 0.772. The number of thioether (sulfide) groups is 1. The number of aromatic nitrogens is 1. The molecule has 6 rings (SSSR count). The third-order valence-corrected chi connectivity index (χ3v) is 10.6. The van der Waals surface area contributed by atoms with Crippen molar-refractivity contribution in [3.8, 4) is 22.1 Å². The molecule has 1 unspecified atom stereocenters. The van der Waals surface area contributed by atoms with E-state index in [4.69, 9.17) is 14.5 Å². The van der Waals surface area contributed by atoms with E-state index < -0.39 is 23.0 Å². The number of hydrogen-bond acceptors (Lipinski definition) is 8. The van der Waals surface area contributed by atoms with Crippen LogP contribution in [0.1, 0.15) is 35.0 Å². The van der Waals surface area contributed by atoms with Crippen LogP contribution in [0.4, 0.5) is 18.9 Å². The topological polar surface area (TPSA) is 75.1 Å². The number of anilines is 1. The van der Waals surface area contributed by atoms with Gasteiger partial charge in [-0.2, -0.15) is 13.2 Å². The summed E-state index contributed by atoms with van der Waals surface area (Å²) in [6.07, 6.45) is -2.95. The highest BCUT2D eigenvalue weighted by atomic mass is 35.5. The van der Waals surface area contributed by atoms with E-state index >= 15 is 0 Å². The number of thiazole rings is 1. The Balaban J connectivity index is 0.00000260.